The highest BCUT2D eigenvalue weighted by molar-refractivity contribution is 5.65. The van der Waals surface area contributed by atoms with Crippen LogP contribution in [0.25, 0.3) is 11.3 Å². The monoisotopic (exact) mass is 347 g/mol. The summed E-state index contributed by atoms with van der Waals surface area (Å²) in [4.78, 5) is 22.2. The fourth-order valence-corrected chi connectivity index (χ4v) is 2.95. The smallest absolute Gasteiger partial charge is 0.150 e. The zero-order valence-corrected chi connectivity index (χ0v) is 14.7. The molecule has 132 valence electrons. The number of pyridine rings is 2. The Morgan fingerprint density at radius 2 is 1.81 bits per heavy atom. The maximum atomic E-state index is 4.70. The molecule has 1 fully saturated rings. The normalized spacial score (nSPS) is 15.0. The number of aromatic nitrogens is 4. The standard InChI is InChI=1S/C19H21N7/c1-25-9-11-26(12-10-25)19-13-15(5-6-22-19)16-3-2-4-17(23-16)24-18-14-20-7-8-21-18/h2-8,13-14H,9-12H2,1H3,(H,21,23,24). The summed E-state index contributed by atoms with van der Waals surface area (Å²) < 4.78 is 0. The second kappa shape index (κ2) is 7.45. The number of nitrogens with zero attached hydrogens (tertiary/aromatic N) is 6. The minimum Gasteiger partial charge on any atom is -0.354 e. The molecule has 0 radical (unpaired) electrons. The first-order valence-corrected chi connectivity index (χ1v) is 8.68. The Bertz CT molecular complexity index is 861. The van der Waals surface area contributed by atoms with Crippen molar-refractivity contribution >= 4 is 17.5 Å². The minimum atomic E-state index is 0.671. The van der Waals surface area contributed by atoms with Crippen molar-refractivity contribution in [3.05, 3.63) is 55.1 Å². The molecule has 4 rings (SSSR count). The molecule has 0 aliphatic carbocycles. The molecule has 26 heavy (non-hydrogen) atoms. The second-order valence-corrected chi connectivity index (χ2v) is 6.32. The van der Waals surface area contributed by atoms with Crippen molar-refractivity contribution in [2.75, 3.05) is 43.4 Å². The fourth-order valence-electron chi connectivity index (χ4n) is 2.95. The van der Waals surface area contributed by atoms with E-state index in [0.29, 0.717) is 5.82 Å². The number of piperazine rings is 1. The van der Waals surface area contributed by atoms with Gasteiger partial charge in [-0.05, 0) is 31.3 Å². The van der Waals surface area contributed by atoms with Gasteiger partial charge < -0.3 is 15.1 Å². The molecule has 0 spiro atoms. The number of anilines is 3. The van der Waals surface area contributed by atoms with E-state index in [1.165, 1.54) is 0 Å². The van der Waals surface area contributed by atoms with Crippen LogP contribution in [0.1, 0.15) is 0 Å². The summed E-state index contributed by atoms with van der Waals surface area (Å²) >= 11 is 0. The average Bonchev–Trinajstić information content (AvgIpc) is 2.70. The third-order valence-corrected chi connectivity index (χ3v) is 4.44. The highest BCUT2D eigenvalue weighted by Crippen LogP contribution is 2.24. The quantitative estimate of drug-likeness (QED) is 0.777. The Morgan fingerprint density at radius 3 is 2.62 bits per heavy atom. The van der Waals surface area contributed by atoms with Gasteiger partial charge in [-0.25, -0.2) is 15.0 Å². The molecule has 1 saturated heterocycles. The summed E-state index contributed by atoms with van der Waals surface area (Å²) in [6.45, 7) is 4.10. The van der Waals surface area contributed by atoms with Crippen molar-refractivity contribution in [1.82, 2.24) is 24.8 Å². The Morgan fingerprint density at radius 1 is 0.923 bits per heavy atom. The van der Waals surface area contributed by atoms with E-state index in [9.17, 15) is 0 Å². The van der Waals surface area contributed by atoms with E-state index in [1.807, 2.05) is 30.5 Å². The summed E-state index contributed by atoms with van der Waals surface area (Å²) in [6.07, 6.45) is 6.82. The third kappa shape index (κ3) is 3.78. The first kappa shape index (κ1) is 16.4. The van der Waals surface area contributed by atoms with Gasteiger partial charge >= 0.3 is 0 Å². The van der Waals surface area contributed by atoms with Gasteiger partial charge in [0.2, 0.25) is 0 Å². The van der Waals surface area contributed by atoms with Crippen LogP contribution in [0.15, 0.2) is 55.1 Å². The van der Waals surface area contributed by atoms with Crippen LogP contribution in [0.5, 0.6) is 0 Å². The molecule has 0 aromatic carbocycles. The van der Waals surface area contributed by atoms with Crippen LogP contribution in [0.3, 0.4) is 0 Å². The van der Waals surface area contributed by atoms with E-state index >= 15 is 0 Å². The van der Waals surface area contributed by atoms with Gasteiger partial charge in [-0.3, -0.25) is 4.98 Å². The van der Waals surface area contributed by atoms with Gasteiger partial charge in [0.15, 0.2) is 0 Å². The van der Waals surface area contributed by atoms with Crippen molar-refractivity contribution in [1.29, 1.82) is 0 Å². The summed E-state index contributed by atoms with van der Waals surface area (Å²) in [5.41, 5.74) is 1.95. The van der Waals surface area contributed by atoms with Crippen LogP contribution in [0.4, 0.5) is 17.5 Å². The van der Waals surface area contributed by atoms with Crippen molar-refractivity contribution in [3.8, 4) is 11.3 Å². The summed E-state index contributed by atoms with van der Waals surface area (Å²) in [5, 5.41) is 3.18. The van der Waals surface area contributed by atoms with Crippen molar-refractivity contribution in [2.45, 2.75) is 0 Å². The highest BCUT2D eigenvalue weighted by Gasteiger charge is 2.15. The van der Waals surface area contributed by atoms with E-state index in [1.54, 1.807) is 18.6 Å². The third-order valence-electron chi connectivity index (χ3n) is 4.44. The molecule has 1 N–H and O–H groups in total. The molecule has 0 amide bonds. The summed E-state index contributed by atoms with van der Waals surface area (Å²) in [5.74, 6) is 2.41. The lowest BCUT2D eigenvalue weighted by atomic mass is 10.1. The lowest BCUT2D eigenvalue weighted by Gasteiger charge is -2.33. The van der Waals surface area contributed by atoms with Gasteiger partial charge in [-0.15, -0.1) is 0 Å². The zero-order chi connectivity index (χ0) is 17.8. The molecule has 1 aliphatic heterocycles. The largest absolute Gasteiger partial charge is 0.354 e. The SMILES string of the molecule is CN1CCN(c2cc(-c3cccc(Nc4cnccn4)n3)ccn2)CC1. The van der Waals surface area contributed by atoms with Gasteiger partial charge in [-0.2, -0.15) is 0 Å². The molecule has 7 heteroatoms. The number of hydrogen-bond acceptors (Lipinski definition) is 7. The van der Waals surface area contributed by atoms with Crippen LogP contribution in [-0.4, -0.2) is 58.1 Å². The van der Waals surface area contributed by atoms with Gasteiger partial charge in [0.05, 0.1) is 11.9 Å². The predicted octanol–water partition coefficient (Wildman–Crippen LogP) is 2.43. The Balaban J connectivity index is 1.56. The molecule has 3 aromatic heterocycles. The summed E-state index contributed by atoms with van der Waals surface area (Å²) in [6, 6.07) is 10.0. The first-order chi connectivity index (χ1) is 12.8. The second-order valence-electron chi connectivity index (χ2n) is 6.32. The molecule has 4 heterocycles. The Hall–Kier alpha value is -3.06. The van der Waals surface area contributed by atoms with E-state index in [0.717, 1.165) is 49.1 Å². The maximum absolute atomic E-state index is 4.70. The van der Waals surface area contributed by atoms with Crippen LogP contribution in [0.2, 0.25) is 0 Å². The fraction of sp³-hybridized carbons (Fsp3) is 0.263. The predicted molar refractivity (Wildman–Crippen MR) is 102 cm³/mol. The topological polar surface area (TPSA) is 70.1 Å². The molecule has 0 atom stereocenters. The van der Waals surface area contributed by atoms with Crippen LogP contribution >= 0.6 is 0 Å². The lowest BCUT2D eigenvalue weighted by molar-refractivity contribution is 0.312. The van der Waals surface area contributed by atoms with E-state index in [2.05, 4.69) is 43.2 Å². The molecule has 7 nitrogen and oxygen atoms in total. The molecular formula is C19H21N7. The van der Waals surface area contributed by atoms with Gasteiger partial charge in [0.25, 0.3) is 0 Å². The van der Waals surface area contributed by atoms with Crippen LogP contribution < -0.4 is 10.2 Å². The van der Waals surface area contributed by atoms with Crippen molar-refractivity contribution in [3.63, 3.8) is 0 Å². The van der Waals surface area contributed by atoms with Crippen LogP contribution in [-0.2, 0) is 0 Å². The maximum Gasteiger partial charge on any atom is 0.150 e. The van der Waals surface area contributed by atoms with E-state index in [-0.39, 0.29) is 0 Å². The van der Waals surface area contributed by atoms with Crippen LogP contribution in [0, 0.1) is 0 Å². The molecular weight excluding hydrogens is 326 g/mol. The number of nitrogens with one attached hydrogen (secondary N) is 1. The van der Waals surface area contributed by atoms with Crippen molar-refractivity contribution in [2.24, 2.45) is 0 Å². The average molecular weight is 347 g/mol. The zero-order valence-electron chi connectivity index (χ0n) is 14.7. The highest BCUT2D eigenvalue weighted by atomic mass is 15.3. The lowest BCUT2D eigenvalue weighted by Crippen LogP contribution is -2.44. The Labute approximate surface area is 152 Å². The molecule has 1 aliphatic rings. The van der Waals surface area contributed by atoms with Crippen molar-refractivity contribution < 1.29 is 0 Å². The van der Waals surface area contributed by atoms with Gasteiger partial charge in [0.1, 0.15) is 17.5 Å². The number of rotatable bonds is 4. The molecule has 0 unspecified atom stereocenters. The molecule has 0 saturated carbocycles. The Kier molecular flexibility index (Phi) is 4.70. The number of likely N-dealkylation sites (N-methyl/N-ethyl adjacent to an activating group) is 1. The summed E-state index contributed by atoms with van der Waals surface area (Å²) in [7, 11) is 2.15. The number of hydrogen-bond donors (Lipinski definition) is 1. The first-order valence-electron chi connectivity index (χ1n) is 8.68. The molecule has 3 aromatic rings. The van der Waals surface area contributed by atoms with E-state index < -0.39 is 0 Å². The van der Waals surface area contributed by atoms with Gasteiger partial charge in [0, 0.05) is 50.3 Å². The van der Waals surface area contributed by atoms with E-state index in [4.69, 9.17) is 4.98 Å². The van der Waals surface area contributed by atoms with Gasteiger partial charge in [-0.1, -0.05) is 6.07 Å². The molecule has 0 bridgehead atoms. The minimum absolute atomic E-state index is 0.671.